The second kappa shape index (κ2) is 8.08. The van der Waals surface area contributed by atoms with Crippen molar-refractivity contribution < 1.29 is 8.78 Å². The van der Waals surface area contributed by atoms with Crippen LogP contribution in [-0.4, -0.2) is 4.98 Å². The first kappa shape index (κ1) is 17.6. The highest BCUT2D eigenvalue weighted by Crippen LogP contribution is 2.20. The molecule has 0 saturated carbocycles. The Morgan fingerprint density at radius 1 is 0.905 bits per heavy atom. The van der Waals surface area contributed by atoms with Crippen molar-refractivity contribution in [3.63, 3.8) is 0 Å². The van der Waals surface area contributed by atoms with Gasteiger partial charge in [0.05, 0.1) is 6.20 Å². The van der Waals surface area contributed by atoms with Crippen LogP contribution in [0.15, 0.2) is 36.5 Å². The molecular weight excluding hydrogens is 292 g/mol. The van der Waals surface area contributed by atoms with Crippen molar-refractivity contribution in [2.45, 2.75) is 39.5 Å². The first-order valence-electron chi connectivity index (χ1n) is 6.87. The van der Waals surface area contributed by atoms with Crippen molar-refractivity contribution in [3.05, 3.63) is 64.4 Å². The number of aromatic nitrogens is 1. The number of benzene rings is 1. The van der Waals surface area contributed by atoms with E-state index in [0.717, 1.165) is 11.3 Å². The molecule has 0 amide bonds. The molecule has 0 radical (unpaired) electrons. The average molecular weight is 312 g/mol. The Morgan fingerprint density at radius 2 is 1.57 bits per heavy atom. The van der Waals surface area contributed by atoms with Crippen molar-refractivity contribution in [1.82, 2.24) is 4.98 Å². The molecule has 0 atom stereocenters. The molecule has 0 aliphatic carbocycles. The fourth-order valence-electron chi connectivity index (χ4n) is 1.64. The largest absolute Gasteiger partial charge is 0.258 e. The van der Waals surface area contributed by atoms with E-state index < -0.39 is 0 Å². The number of hydrogen-bond donors (Lipinski definition) is 0. The summed E-state index contributed by atoms with van der Waals surface area (Å²) >= 11 is 5.65. The smallest absolute Gasteiger partial charge is 0.141 e. The SMILES string of the molecule is CC(C)c1cc(F)cc(Cl)c1.CC(C)c1ccc(F)cn1. The van der Waals surface area contributed by atoms with Crippen LogP contribution in [0.4, 0.5) is 8.78 Å². The number of pyridine rings is 1. The summed E-state index contributed by atoms with van der Waals surface area (Å²) in [5.74, 6) is 0.161. The van der Waals surface area contributed by atoms with Crippen LogP contribution in [0.2, 0.25) is 5.02 Å². The molecule has 2 rings (SSSR count). The number of hydrogen-bond acceptors (Lipinski definition) is 1. The van der Waals surface area contributed by atoms with Crippen LogP contribution >= 0.6 is 11.6 Å². The van der Waals surface area contributed by atoms with Crippen LogP contribution in [0.25, 0.3) is 0 Å². The molecule has 0 spiro atoms. The van der Waals surface area contributed by atoms with Gasteiger partial charge in [-0.3, -0.25) is 4.98 Å². The Bertz CT molecular complexity index is 545. The number of nitrogens with zero attached hydrogens (tertiary/aromatic N) is 1. The average Bonchev–Trinajstić information content (AvgIpc) is 2.38. The Hall–Kier alpha value is -1.48. The summed E-state index contributed by atoms with van der Waals surface area (Å²) in [6.07, 6.45) is 1.25. The summed E-state index contributed by atoms with van der Waals surface area (Å²) in [7, 11) is 0. The normalized spacial score (nSPS) is 10.5. The third-order valence-electron chi connectivity index (χ3n) is 2.89. The molecular formula is C17H20ClF2N. The quantitative estimate of drug-likeness (QED) is 0.668. The second-order valence-corrected chi connectivity index (χ2v) is 5.85. The summed E-state index contributed by atoms with van der Waals surface area (Å²) in [5.41, 5.74) is 1.87. The van der Waals surface area contributed by atoms with Gasteiger partial charge >= 0.3 is 0 Å². The monoisotopic (exact) mass is 311 g/mol. The predicted octanol–water partition coefficient (Wildman–Crippen LogP) is 5.95. The topological polar surface area (TPSA) is 12.9 Å². The molecule has 114 valence electrons. The van der Waals surface area contributed by atoms with Gasteiger partial charge in [0.1, 0.15) is 11.6 Å². The maximum Gasteiger partial charge on any atom is 0.141 e. The summed E-state index contributed by atoms with van der Waals surface area (Å²) in [4.78, 5) is 3.90. The molecule has 0 aliphatic heterocycles. The molecule has 1 aromatic carbocycles. The van der Waals surface area contributed by atoms with Gasteiger partial charge in [-0.2, -0.15) is 0 Å². The molecule has 1 aromatic heterocycles. The Kier molecular flexibility index (Phi) is 6.76. The van der Waals surface area contributed by atoms with Crippen LogP contribution in [0.5, 0.6) is 0 Å². The first-order chi connectivity index (χ1) is 9.79. The van der Waals surface area contributed by atoms with Crippen LogP contribution in [0, 0.1) is 11.6 Å². The van der Waals surface area contributed by atoms with E-state index in [2.05, 4.69) is 4.98 Å². The van der Waals surface area contributed by atoms with E-state index in [1.54, 1.807) is 12.1 Å². The fourth-order valence-corrected chi connectivity index (χ4v) is 1.87. The minimum Gasteiger partial charge on any atom is -0.258 e. The minimum atomic E-state index is -0.274. The van der Waals surface area contributed by atoms with Crippen molar-refractivity contribution in [2.24, 2.45) is 0 Å². The van der Waals surface area contributed by atoms with Crippen LogP contribution in [-0.2, 0) is 0 Å². The molecule has 0 fully saturated rings. The van der Waals surface area contributed by atoms with E-state index >= 15 is 0 Å². The van der Waals surface area contributed by atoms with Gasteiger partial charge in [0.2, 0.25) is 0 Å². The van der Waals surface area contributed by atoms with Gasteiger partial charge in [-0.05, 0) is 47.7 Å². The van der Waals surface area contributed by atoms with E-state index in [9.17, 15) is 8.78 Å². The van der Waals surface area contributed by atoms with Crippen molar-refractivity contribution >= 4 is 11.6 Å². The van der Waals surface area contributed by atoms with Crippen molar-refractivity contribution in [1.29, 1.82) is 0 Å². The molecule has 4 heteroatoms. The predicted molar refractivity (Wildman–Crippen MR) is 83.8 cm³/mol. The molecule has 0 N–H and O–H groups in total. The maximum absolute atomic E-state index is 12.7. The van der Waals surface area contributed by atoms with Gasteiger partial charge in [-0.15, -0.1) is 0 Å². The summed E-state index contributed by atoms with van der Waals surface area (Å²) < 4.78 is 25.0. The van der Waals surface area contributed by atoms with E-state index in [1.807, 2.05) is 27.7 Å². The zero-order valence-corrected chi connectivity index (χ0v) is 13.5. The Morgan fingerprint density at radius 3 is 2.00 bits per heavy atom. The Labute approximate surface area is 130 Å². The standard InChI is InChI=1S/C9H10ClF.C8H10FN/c1-6(2)7-3-8(10)5-9(11)4-7;1-6(2)8-4-3-7(9)5-10-8/h3-6H,1-2H3;3-6H,1-2H3. The van der Waals surface area contributed by atoms with E-state index in [4.69, 9.17) is 11.6 Å². The molecule has 0 bridgehead atoms. The number of halogens is 3. The molecule has 1 nitrogen and oxygen atoms in total. The third kappa shape index (κ3) is 6.21. The lowest BCUT2D eigenvalue weighted by Crippen LogP contribution is -1.91. The summed E-state index contributed by atoms with van der Waals surface area (Å²) in [5, 5.41) is 0.466. The minimum absolute atomic E-state index is 0.263. The zero-order chi connectivity index (χ0) is 16.0. The van der Waals surface area contributed by atoms with Crippen LogP contribution in [0.1, 0.15) is 50.8 Å². The summed E-state index contributed by atoms with van der Waals surface area (Å²) in [6, 6.07) is 7.75. The highest BCUT2D eigenvalue weighted by atomic mass is 35.5. The lowest BCUT2D eigenvalue weighted by atomic mass is 10.0. The van der Waals surface area contributed by atoms with E-state index in [1.165, 1.54) is 24.4 Å². The molecule has 1 heterocycles. The number of rotatable bonds is 2. The van der Waals surface area contributed by atoms with Gasteiger partial charge in [-0.1, -0.05) is 39.3 Å². The fraction of sp³-hybridized carbons (Fsp3) is 0.353. The molecule has 21 heavy (non-hydrogen) atoms. The van der Waals surface area contributed by atoms with Gasteiger partial charge in [0, 0.05) is 10.7 Å². The van der Waals surface area contributed by atoms with Gasteiger partial charge in [-0.25, -0.2) is 8.78 Å². The molecule has 0 unspecified atom stereocenters. The van der Waals surface area contributed by atoms with Crippen molar-refractivity contribution in [3.8, 4) is 0 Å². The third-order valence-corrected chi connectivity index (χ3v) is 3.11. The highest BCUT2D eigenvalue weighted by molar-refractivity contribution is 6.30. The lowest BCUT2D eigenvalue weighted by molar-refractivity contribution is 0.617. The summed E-state index contributed by atoms with van der Waals surface area (Å²) in [6.45, 7) is 8.07. The van der Waals surface area contributed by atoms with Crippen LogP contribution in [0.3, 0.4) is 0 Å². The highest BCUT2D eigenvalue weighted by Gasteiger charge is 2.02. The molecule has 0 saturated heterocycles. The molecule has 2 aromatic rings. The van der Waals surface area contributed by atoms with E-state index in [0.29, 0.717) is 16.9 Å². The lowest BCUT2D eigenvalue weighted by Gasteiger charge is -2.04. The second-order valence-electron chi connectivity index (χ2n) is 5.41. The zero-order valence-electron chi connectivity index (χ0n) is 12.7. The van der Waals surface area contributed by atoms with Crippen LogP contribution < -0.4 is 0 Å². The first-order valence-corrected chi connectivity index (χ1v) is 7.24. The maximum atomic E-state index is 12.7. The van der Waals surface area contributed by atoms with Crippen molar-refractivity contribution in [2.75, 3.05) is 0 Å². The van der Waals surface area contributed by atoms with Gasteiger partial charge in [0.15, 0.2) is 0 Å². The van der Waals surface area contributed by atoms with E-state index in [-0.39, 0.29) is 11.6 Å². The van der Waals surface area contributed by atoms with Gasteiger partial charge in [0.25, 0.3) is 0 Å². The molecule has 0 aliphatic rings. The van der Waals surface area contributed by atoms with Gasteiger partial charge < -0.3 is 0 Å². The Balaban J connectivity index is 0.000000211.